The first-order valence-corrected chi connectivity index (χ1v) is 7.44. The molecule has 20 heavy (non-hydrogen) atoms. The first-order chi connectivity index (χ1) is 9.54. The third-order valence-corrected chi connectivity index (χ3v) is 3.93. The van der Waals surface area contributed by atoms with Crippen molar-refractivity contribution in [2.24, 2.45) is 5.73 Å². The van der Waals surface area contributed by atoms with E-state index in [4.69, 9.17) is 10.5 Å². The maximum atomic E-state index is 12.0. The van der Waals surface area contributed by atoms with Gasteiger partial charge in [0.15, 0.2) is 5.82 Å². The average Bonchev–Trinajstić information content (AvgIpc) is 3.03. The second kappa shape index (κ2) is 5.91. The number of hydrogen-bond acceptors (Lipinski definition) is 5. The molecule has 0 spiro atoms. The molecule has 0 bridgehead atoms. The summed E-state index contributed by atoms with van der Waals surface area (Å²) in [5, 5.41) is 4.55. The summed E-state index contributed by atoms with van der Waals surface area (Å²) >= 11 is 0. The van der Waals surface area contributed by atoms with Crippen molar-refractivity contribution in [3.63, 3.8) is 0 Å². The van der Waals surface area contributed by atoms with Crippen molar-refractivity contribution < 1.29 is 9.53 Å². The van der Waals surface area contributed by atoms with Gasteiger partial charge in [0, 0.05) is 12.8 Å². The average molecular weight is 280 g/mol. The summed E-state index contributed by atoms with van der Waals surface area (Å²) in [4.78, 5) is 16.5. The number of hydrogen-bond donors (Lipinski definition) is 1. The molecule has 0 aliphatic heterocycles. The first kappa shape index (κ1) is 15.0. The van der Waals surface area contributed by atoms with Crippen molar-refractivity contribution in [1.82, 2.24) is 14.8 Å². The molecule has 112 valence electrons. The molecular formula is C14H24N4O2. The molecule has 0 amide bonds. The SMILES string of the molecule is CCOC(=O)C1(N)CCC(n2nc(CC)nc2CC)C1. The van der Waals surface area contributed by atoms with Crippen LogP contribution in [0, 0.1) is 0 Å². The zero-order chi connectivity index (χ0) is 14.8. The maximum Gasteiger partial charge on any atom is 0.326 e. The lowest BCUT2D eigenvalue weighted by Gasteiger charge is -2.21. The van der Waals surface area contributed by atoms with Gasteiger partial charge in [0.05, 0.1) is 12.6 Å². The van der Waals surface area contributed by atoms with Gasteiger partial charge in [0.1, 0.15) is 11.4 Å². The van der Waals surface area contributed by atoms with Crippen LogP contribution in [0.3, 0.4) is 0 Å². The summed E-state index contributed by atoms with van der Waals surface area (Å²) in [6.45, 7) is 6.27. The highest BCUT2D eigenvalue weighted by Crippen LogP contribution is 2.37. The largest absolute Gasteiger partial charge is 0.465 e. The molecule has 1 fully saturated rings. The van der Waals surface area contributed by atoms with E-state index in [1.54, 1.807) is 6.92 Å². The molecule has 1 aliphatic carbocycles. The van der Waals surface area contributed by atoms with Crippen LogP contribution < -0.4 is 5.73 Å². The van der Waals surface area contributed by atoms with E-state index in [-0.39, 0.29) is 12.0 Å². The third kappa shape index (κ3) is 2.70. The van der Waals surface area contributed by atoms with Crippen LogP contribution in [0.25, 0.3) is 0 Å². The second-order valence-corrected chi connectivity index (χ2v) is 5.37. The Morgan fingerprint density at radius 1 is 1.45 bits per heavy atom. The molecule has 1 aromatic rings. The van der Waals surface area contributed by atoms with E-state index < -0.39 is 5.54 Å². The predicted octanol–water partition coefficient (Wildman–Crippen LogP) is 1.39. The fourth-order valence-electron chi connectivity index (χ4n) is 2.81. The number of aromatic nitrogens is 3. The van der Waals surface area contributed by atoms with Crippen molar-refractivity contribution in [3.05, 3.63) is 11.6 Å². The molecule has 6 heteroatoms. The first-order valence-electron chi connectivity index (χ1n) is 7.44. The number of esters is 1. The Kier molecular flexibility index (Phi) is 4.42. The van der Waals surface area contributed by atoms with Crippen LogP contribution in [0.4, 0.5) is 0 Å². The van der Waals surface area contributed by atoms with Crippen LogP contribution in [0.1, 0.15) is 57.7 Å². The lowest BCUT2D eigenvalue weighted by Crippen LogP contribution is -2.47. The van der Waals surface area contributed by atoms with Gasteiger partial charge in [-0.05, 0) is 26.2 Å². The summed E-state index contributed by atoms with van der Waals surface area (Å²) in [5.74, 6) is 1.53. The summed E-state index contributed by atoms with van der Waals surface area (Å²) in [6.07, 6.45) is 3.71. The minimum Gasteiger partial charge on any atom is -0.465 e. The number of nitrogens with two attached hydrogens (primary N) is 1. The summed E-state index contributed by atoms with van der Waals surface area (Å²) in [5.41, 5.74) is 5.34. The zero-order valence-electron chi connectivity index (χ0n) is 12.6. The molecule has 0 aromatic carbocycles. The Morgan fingerprint density at radius 2 is 2.20 bits per heavy atom. The molecule has 1 aliphatic rings. The number of aryl methyl sites for hydroxylation is 2. The van der Waals surface area contributed by atoms with Crippen LogP contribution in [-0.4, -0.2) is 32.9 Å². The van der Waals surface area contributed by atoms with E-state index in [0.717, 1.165) is 30.9 Å². The van der Waals surface area contributed by atoms with E-state index in [0.29, 0.717) is 19.4 Å². The molecule has 2 unspecified atom stereocenters. The highest BCUT2D eigenvalue weighted by atomic mass is 16.5. The second-order valence-electron chi connectivity index (χ2n) is 5.37. The summed E-state index contributed by atoms with van der Waals surface area (Å²) in [6, 6.07) is 0.146. The van der Waals surface area contributed by atoms with E-state index in [1.807, 2.05) is 11.6 Å². The van der Waals surface area contributed by atoms with Gasteiger partial charge in [0.2, 0.25) is 0 Å². The van der Waals surface area contributed by atoms with Gasteiger partial charge in [-0.1, -0.05) is 13.8 Å². The van der Waals surface area contributed by atoms with E-state index in [1.165, 1.54) is 0 Å². The number of rotatable bonds is 5. The Balaban J connectivity index is 2.16. The smallest absolute Gasteiger partial charge is 0.326 e. The topological polar surface area (TPSA) is 83.0 Å². The molecule has 6 nitrogen and oxygen atoms in total. The van der Waals surface area contributed by atoms with E-state index in [9.17, 15) is 4.79 Å². The summed E-state index contributed by atoms with van der Waals surface area (Å²) in [7, 11) is 0. The Labute approximate surface area is 119 Å². The lowest BCUT2D eigenvalue weighted by molar-refractivity contribution is -0.149. The highest BCUT2D eigenvalue weighted by Gasteiger charge is 2.44. The fraction of sp³-hybridized carbons (Fsp3) is 0.786. The van der Waals surface area contributed by atoms with E-state index >= 15 is 0 Å². The predicted molar refractivity (Wildman–Crippen MR) is 75.2 cm³/mol. The van der Waals surface area contributed by atoms with Gasteiger partial charge in [-0.25, -0.2) is 9.67 Å². The van der Waals surface area contributed by atoms with Crippen LogP contribution in [0.5, 0.6) is 0 Å². The number of carbonyl (C=O) groups excluding carboxylic acids is 1. The van der Waals surface area contributed by atoms with Crippen molar-refractivity contribution in [3.8, 4) is 0 Å². The number of carbonyl (C=O) groups is 1. The van der Waals surface area contributed by atoms with Crippen LogP contribution >= 0.6 is 0 Å². The monoisotopic (exact) mass is 280 g/mol. The maximum absolute atomic E-state index is 12.0. The normalized spacial score (nSPS) is 25.9. The van der Waals surface area contributed by atoms with Gasteiger partial charge >= 0.3 is 5.97 Å². The van der Waals surface area contributed by atoms with Gasteiger partial charge in [-0.15, -0.1) is 0 Å². The molecule has 1 aromatic heterocycles. The standard InChI is InChI=1S/C14H24N4O2/c1-4-11-16-12(5-2)18(17-11)10-7-8-14(15,9-10)13(19)20-6-3/h10H,4-9,15H2,1-3H3. The molecule has 0 radical (unpaired) electrons. The van der Waals surface area contributed by atoms with Crippen molar-refractivity contribution in [2.45, 2.75) is 64.5 Å². The highest BCUT2D eigenvalue weighted by molar-refractivity contribution is 5.81. The summed E-state index contributed by atoms with van der Waals surface area (Å²) < 4.78 is 7.05. The number of ether oxygens (including phenoxy) is 1. The van der Waals surface area contributed by atoms with Gasteiger partial charge in [-0.2, -0.15) is 5.10 Å². The van der Waals surface area contributed by atoms with Crippen molar-refractivity contribution in [2.75, 3.05) is 6.61 Å². The molecule has 2 rings (SSSR count). The van der Waals surface area contributed by atoms with Gasteiger partial charge < -0.3 is 10.5 Å². The Bertz CT molecular complexity index is 486. The molecule has 0 saturated heterocycles. The van der Waals surface area contributed by atoms with Gasteiger partial charge in [-0.3, -0.25) is 4.79 Å². The fourth-order valence-corrected chi connectivity index (χ4v) is 2.81. The van der Waals surface area contributed by atoms with Crippen LogP contribution in [0.2, 0.25) is 0 Å². The molecule has 1 heterocycles. The zero-order valence-corrected chi connectivity index (χ0v) is 12.6. The molecule has 1 saturated carbocycles. The Hall–Kier alpha value is -1.43. The minimum absolute atomic E-state index is 0.146. The molecule has 2 N–H and O–H groups in total. The third-order valence-electron chi connectivity index (χ3n) is 3.93. The number of nitrogens with zero attached hydrogens (tertiary/aromatic N) is 3. The molecular weight excluding hydrogens is 256 g/mol. The molecule has 2 atom stereocenters. The van der Waals surface area contributed by atoms with Crippen LogP contribution in [-0.2, 0) is 22.4 Å². The van der Waals surface area contributed by atoms with E-state index in [2.05, 4.69) is 17.0 Å². The van der Waals surface area contributed by atoms with Gasteiger partial charge in [0.25, 0.3) is 0 Å². The van der Waals surface area contributed by atoms with Crippen molar-refractivity contribution >= 4 is 5.97 Å². The lowest BCUT2D eigenvalue weighted by atomic mass is 9.99. The van der Waals surface area contributed by atoms with Crippen molar-refractivity contribution in [1.29, 1.82) is 0 Å². The quantitative estimate of drug-likeness (QED) is 0.824. The van der Waals surface area contributed by atoms with Crippen LogP contribution in [0.15, 0.2) is 0 Å². The minimum atomic E-state index is -0.871. The Morgan fingerprint density at radius 3 is 2.80 bits per heavy atom.